The van der Waals surface area contributed by atoms with Crippen LogP contribution in [-0.2, 0) is 6.42 Å². The van der Waals surface area contributed by atoms with Gasteiger partial charge in [-0.1, -0.05) is 24.3 Å². The minimum absolute atomic E-state index is 0.0299. The number of hydrogen-bond donors (Lipinski definition) is 2. The number of ketones is 1. The third-order valence-corrected chi connectivity index (χ3v) is 3.87. The van der Waals surface area contributed by atoms with E-state index in [-0.39, 0.29) is 11.5 Å². The highest BCUT2D eigenvalue weighted by molar-refractivity contribution is 7.97. The van der Waals surface area contributed by atoms with Gasteiger partial charge < -0.3 is 5.11 Å². The fraction of sp³-hybridized carbons (Fsp3) is 0.0714. The van der Waals surface area contributed by atoms with Crippen molar-refractivity contribution in [1.29, 1.82) is 0 Å². The van der Waals surface area contributed by atoms with Crippen molar-refractivity contribution in [3.63, 3.8) is 0 Å². The second kappa shape index (κ2) is 4.15. The predicted molar refractivity (Wildman–Crippen MR) is 70.8 cm³/mol. The Morgan fingerprint density at radius 1 is 1.17 bits per heavy atom. The zero-order chi connectivity index (χ0) is 12.7. The number of benzene rings is 2. The molecule has 3 N–H and O–H groups in total. The van der Waals surface area contributed by atoms with Crippen molar-refractivity contribution in [1.82, 2.24) is 0 Å². The molecule has 3 rings (SSSR count). The molecule has 0 unspecified atom stereocenters. The average Bonchev–Trinajstić information content (AvgIpc) is 2.39. The highest BCUT2D eigenvalue weighted by Gasteiger charge is 2.27. The van der Waals surface area contributed by atoms with Gasteiger partial charge in [0.2, 0.25) is 0 Å². The standard InChI is InChI=1S/C14H11NO2S/c15-18-12-6-5-11(16)13-10(12)7-8-3-1-2-4-9(8)14(13)17/h1-6,16H,7,15H2. The molecule has 0 heterocycles. The molecule has 2 aromatic carbocycles. The van der Waals surface area contributed by atoms with E-state index in [1.54, 1.807) is 12.1 Å². The third kappa shape index (κ3) is 1.54. The molecule has 0 amide bonds. The first kappa shape index (κ1) is 11.3. The van der Waals surface area contributed by atoms with Gasteiger partial charge in [0.15, 0.2) is 5.78 Å². The lowest BCUT2D eigenvalue weighted by Crippen LogP contribution is -2.16. The number of hydrogen-bond acceptors (Lipinski definition) is 4. The normalized spacial score (nSPS) is 13.1. The lowest BCUT2D eigenvalue weighted by Gasteiger charge is -2.21. The molecule has 90 valence electrons. The Labute approximate surface area is 109 Å². The molecule has 1 aliphatic carbocycles. The van der Waals surface area contributed by atoms with Crippen molar-refractivity contribution in [3.8, 4) is 5.75 Å². The molecule has 0 atom stereocenters. The molecule has 0 saturated carbocycles. The molecule has 0 fully saturated rings. The third-order valence-electron chi connectivity index (χ3n) is 3.23. The van der Waals surface area contributed by atoms with Gasteiger partial charge in [-0.15, -0.1) is 0 Å². The Balaban J connectivity index is 2.28. The van der Waals surface area contributed by atoms with Crippen LogP contribution in [-0.4, -0.2) is 10.9 Å². The van der Waals surface area contributed by atoms with Gasteiger partial charge in [-0.3, -0.25) is 9.93 Å². The maximum absolute atomic E-state index is 12.4. The number of nitrogens with two attached hydrogens (primary N) is 1. The van der Waals surface area contributed by atoms with E-state index in [1.165, 1.54) is 6.07 Å². The van der Waals surface area contributed by atoms with Gasteiger partial charge in [0.25, 0.3) is 0 Å². The summed E-state index contributed by atoms with van der Waals surface area (Å²) in [6.07, 6.45) is 0.630. The summed E-state index contributed by atoms with van der Waals surface area (Å²) < 4.78 is 0. The zero-order valence-corrected chi connectivity index (χ0v) is 10.3. The molecule has 1 aliphatic rings. The molecular weight excluding hydrogens is 246 g/mol. The first-order chi connectivity index (χ1) is 8.72. The molecular formula is C14H11NO2S. The van der Waals surface area contributed by atoms with Crippen LogP contribution in [0.4, 0.5) is 0 Å². The van der Waals surface area contributed by atoms with Gasteiger partial charge in [0.1, 0.15) is 5.75 Å². The number of aromatic hydroxyl groups is 1. The molecule has 0 saturated heterocycles. The number of fused-ring (bicyclic) bond motifs is 2. The fourth-order valence-corrected chi connectivity index (χ4v) is 2.84. The smallest absolute Gasteiger partial charge is 0.197 e. The highest BCUT2D eigenvalue weighted by Crippen LogP contribution is 2.36. The summed E-state index contributed by atoms with van der Waals surface area (Å²) in [7, 11) is 0. The summed E-state index contributed by atoms with van der Waals surface area (Å²) in [4.78, 5) is 13.2. The molecule has 0 radical (unpaired) electrons. The van der Waals surface area contributed by atoms with E-state index >= 15 is 0 Å². The van der Waals surface area contributed by atoms with Crippen molar-refractivity contribution in [2.24, 2.45) is 5.14 Å². The minimum Gasteiger partial charge on any atom is -0.507 e. The topological polar surface area (TPSA) is 63.3 Å². The number of rotatable bonds is 1. The first-order valence-electron chi connectivity index (χ1n) is 5.56. The Kier molecular flexibility index (Phi) is 2.61. The summed E-state index contributed by atoms with van der Waals surface area (Å²) in [5, 5.41) is 15.5. The van der Waals surface area contributed by atoms with Crippen LogP contribution in [0, 0.1) is 0 Å². The highest BCUT2D eigenvalue weighted by atomic mass is 32.2. The molecule has 3 nitrogen and oxygen atoms in total. The zero-order valence-electron chi connectivity index (χ0n) is 9.51. The van der Waals surface area contributed by atoms with E-state index in [0.29, 0.717) is 17.5 Å². The second-order valence-corrected chi connectivity index (χ2v) is 4.89. The molecule has 0 aromatic heterocycles. The summed E-state index contributed by atoms with van der Waals surface area (Å²) in [5.74, 6) is -0.0949. The maximum Gasteiger partial charge on any atom is 0.197 e. The number of phenolic OH excluding ortho intramolecular Hbond substituents is 1. The van der Waals surface area contributed by atoms with E-state index in [4.69, 9.17) is 5.14 Å². The summed E-state index contributed by atoms with van der Waals surface area (Å²) in [6.45, 7) is 0. The molecule has 0 spiro atoms. The predicted octanol–water partition coefficient (Wildman–Crippen LogP) is 2.49. The Bertz CT molecular complexity index is 652. The van der Waals surface area contributed by atoms with E-state index in [0.717, 1.165) is 28.0 Å². The number of carbonyl (C=O) groups is 1. The number of carbonyl (C=O) groups excluding carboxylic acids is 1. The lowest BCUT2D eigenvalue weighted by atomic mass is 9.84. The first-order valence-corrected chi connectivity index (χ1v) is 6.44. The van der Waals surface area contributed by atoms with Gasteiger partial charge in [0, 0.05) is 16.9 Å². The van der Waals surface area contributed by atoms with Gasteiger partial charge in [-0.05, 0) is 35.2 Å². The molecule has 0 bridgehead atoms. The number of phenols is 1. The van der Waals surface area contributed by atoms with E-state index in [1.807, 2.05) is 18.2 Å². The fourth-order valence-electron chi connectivity index (χ4n) is 2.38. The van der Waals surface area contributed by atoms with Crippen LogP contribution < -0.4 is 5.14 Å². The Morgan fingerprint density at radius 2 is 1.94 bits per heavy atom. The largest absolute Gasteiger partial charge is 0.507 e. The minimum atomic E-state index is -0.125. The van der Waals surface area contributed by atoms with E-state index < -0.39 is 0 Å². The van der Waals surface area contributed by atoms with Gasteiger partial charge in [-0.25, -0.2) is 0 Å². The van der Waals surface area contributed by atoms with Crippen LogP contribution in [0.5, 0.6) is 5.75 Å². The van der Waals surface area contributed by atoms with Gasteiger partial charge in [0.05, 0.1) is 5.56 Å². The van der Waals surface area contributed by atoms with E-state index in [9.17, 15) is 9.90 Å². The van der Waals surface area contributed by atoms with Crippen molar-refractivity contribution in [2.45, 2.75) is 11.3 Å². The average molecular weight is 257 g/mol. The van der Waals surface area contributed by atoms with Crippen LogP contribution in [0.3, 0.4) is 0 Å². The van der Waals surface area contributed by atoms with Gasteiger partial charge in [-0.2, -0.15) is 0 Å². The lowest BCUT2D eigenvalue weighted by molar-refractivity contribution is 0.103. The summed E-state index contributed by atoms with van der Waals surface area (Å²) in [6, 6.07) is 10.8. The Morgan fingerprint density at radius 3 is 2.72 bits per heavy atom. The molecule has 18 heavy (non-hydrogen) atoms. The summed E-state index contributed by atoms with van der Waals surface area (Å²) in [5.41, 5.74) is 2.87. The SMILES string of the molecule is NSc1ccc(O)c2c1Cc1ccccc1C2=O. The second-order valence-electron chi connectivity index (χ2n) is 4.22. The van der Waals surface area contributed by atoms with Crippen LogP contribution in [0.1, 0.15) is 27.0 Å². The van der Waals surface area contributed by atoms with Crippen molar-refractivity contribution in [2.75, 3.05) is 0 Å². The van der Waals surface area contributed by atoms with Crippen molar-refractivity contribution >= 4 is 17.7 Å². The van der Waals surface area contributed by atoms with Crippen molar-refractivity contribution < 1.29 is 9.90 Å². The van der Waals surface area contributed by atoms with E-state index in [2.05, 4.69) is 0 Å². The molecule has 4 heteroatoms. The monoisotopic (exact) mass is 257 g/mol. The van der Waals surface area contributed by atoms with Crippen LogP contribution >= 0.6 is 11.9 Å². The quantitative estimate of drug-likeness (QED) is 0.657. The van der Waals surface area contributed by atoms with Crippen LogP contribution in [0.15, 0.2) is 41.3 Å². The maximum atomic E-state index is 12.4. The van der Waals surface area contributed by atoms with Crippen LogP contribution in [0.2, 0.25) is 0 Å². The van der Waals surface area contributed by atoms with Gasteiger partial charge >= 0.3 is 0 Å². The molecule has 2 aromatic rings. The van der Waals surface area contributed by atoms with Crippen LogP contribution in [0.25, 0.3) is 0 Å². The Hall–Kier alpha value is -1.78. The summed E-state index contributed by atoms with van der Waals surface area (Å²) >= 11 is 1.11. The van der Waals surface area contributed by atoms with Crippen molar-refractivity contribution in [3.05, 3.63) is 58.7 Å². The molecule has 0 aliphatic heterocycles.